The Bertz CT molecular complexity index is 799. The number of hydrogen-bond donors (Lipinski definition) is 3. The summed E-state index contributed by atoms with van der Waals surface area (Å²) in [5, 5.41) is 19.7. The van der Waals surface area contributed by atoms with Crippen LogP contribution in [0, 0.1) is 16.7 Å². The fourth-order valence-corrected chi connectivity index (χ4v) is 4.25. The molecule has 0 aliphatic rings. The Balaban J connectivity index is 2.09. The van der Waals surface area contributed by atoms with Crippen molar-refractivity contribution in [3.05, 3.63) is 69.2 Å². The molecule has 0 aliphatic carbocycles. The summed E-state index contributed by atoms with van der Waals surface area (Å²) >= 11 is 3.29. The molecule has 5 nitrogen and oxygen atoms in total. The number of amidine groups is 1. The van der Waals surface area contributed by atoms with Crippen LogP contribution in [-0.4, -0.2) is 25.6 Å². The second kappa shape index (κ2) is 8.65. The molecule has 0 saturated carbocycles. The van der Waals surface area contributed by atoms with Gasteiger partial charge in [0.05, 0.1) is 0 Å². The number of nitrogens with two attached hydrogens (primary N) is 1. The average Bonchev–Trinajstić information content (AvgIpc) is 2.58. The number of carbonyl (C=O) groups is 1. The predicted octanol–water partition coefficient (Wildman–Crippen LogP) is 2.35. The number of rotatable bonds is 6. The molecule has 0 aliphatic heterocycles. The van der Waals surface area contributed by atoms with Crippen LogP contribution in [0.25, 0.3) is 0 Å². The molecule has 122 valence electrons. The van der Waals surface area contributed by atoms with Crippen LogP contribution in [0.3, 0.4) is 0 Å². The maximum absolute atomic E-state index is 12.5. The van der Waals surface area contributed by atoms with Gasteiger partial charge in [-0.1, -0.05) is 0 Å². The number of benzene rings is 2. The summed E-state index contributed by atoms with van der Waals surface area (Å²) in [5.74, 6) is -0.171. The Morgan fingerprint density at radius 1 is 1.29 bits per heavy atom. The molecule has 0 unspecified atom stereocenters. The monoisotopic (exact) mass is 450 g/mol. The molecule has 2 rings (SSSR count). The molecule has 0 aromatic heterocycles. The molecule has 0 spiro atoms. The Kier molecular flexibility index (Phi) is 6.56. The van der Waals surface area contributed by atoms with Crippen LogP contribution in [0.5, 0.6) is 0 Å². The summed E-state index contributed by atoms with van der Waals surface area (Å²) in [6.45, 7) is 0.383. The van der Waals surface area contributed by atoms with Crippen molar-refractivity contribution < 1.29 is 4.79 Å². The van der Waals surface area contributed by atoms with Gasteiger partial charge < -0.3 is 0 Å². The van der Waals surface area contributed by atoms with Gasteiger partial charge in [0, 0.05) is 0 Å². The van der Waals surface area contributed by atoms with Gasteiger partial charge in [-0.25, -0.2) is 0 Å². The van der Waals surface area contributed by atoms with Gasteiger partial charge in [-0.05, 0) is 0 Å². The Labute approximate surface area is 155 Å². The molecular weight excluding hydrogens is 435 g/mol. The number of carbonyl (C=O) groups excluding carboxylic acids is 1. The summed E-state index contributed by atoms with van der Waals surface area (Å²) in [7, 11) is 0. The van der Waals surface area contributed by atoms with E-state index in [0.29, 0.717) is 23.0 Å². The van der Waals surface area contributed by atoms with Gasteiger partial charge in [-0.3, -0.25) is 0 Å². The fourth-order valence-electron chi connectivity index (χ4n) is 2.04. The summed E-state index contributed by atoms with van der Waals surface area (Å²) in [4.78, 5) is 12.5. The average molecular weight is 450 g/mol. The number of halogens is 1. The van der Waals surface area contributed by atoms with E-state index >= 15 is 0 Å². The minimum absolute atomic E-state index is 0.155. The third-order valence-electron chi connectivity index (χ3n) is 3.27. The van der Waals surface area contributed by atoms with Gasteiger partial charge >= 0.3 is 155 Å². The van der Waals surface area contributed by atoms with Crippen molar-refractivity contribution in [1.29, 1.82) is 10.7 Å². The van der Waals surface area contributed by atoms with E-state index in [0.717, 1.165) is 15.6 Å². The van der Waals surface area contributed by atoms with Crippen LogP contribution in [0.4, 0.5) is 0 Å². The first kappa shape index (κ1) is 18.2. The van der Waals surface area contributed by atoms with Crippen LogP contribution in [0.2, 0.25) is 0 Å². The summed E-state index contributed by atoms with van der Waals surface area (Å²) in [5.41, 5.74) is 8.41. The van der Waals surface area contributed by atoms with Crippen molar-refractivity contribution >= 4 is 41.5 Å². The van der Waals surface area contributed by atoms with Gasteiger partial charge in [0.25, 0.3) is 0 Å². The molecule has 24 heavy (non-hydrogen) atoms. The molecule has 0 heterocycles. The molecule has 0 saturated heterocycles. The quantitative estimate of drug-likeness (QED) is 0.358. The van der Waals surface area contributed by atoms with Crippen LogP contribution in [-0.2, 0) is 11.9 Å². The van der Waals surface area contributed by atoms with E-state index in [2.05, 4.69) is 27.3 Å². The second-order valence-corrected chi connectivity index (χ2v) is 7.90. The minimum atomic E-state index is -0.175. The molecule has 2 aromatic carbocycles. The topological polar surface area (TPSA) is 103 Å². The zero-order chi connectivity index (χ0) is 17.5. The van der Waals surface area contributed by atoms with Crippen molar-refractivity contribution in [3.63, 3.8) is 0 Å². The molecule has 2 aromatic rings. The zero-order valence-electron chi connectivity index (χ0n) is 12.7. The summed E-state index contributed by atoms with van der Waals surface area (Å²) in [6.07, 6.45) is 0. The van der Waals surface area contributed by atoms with E-state index in [9.17, 15) is 4.79 Å². The Morgan fingerprint density at radius 2 is 2.00 bits per heavy atom. The standard InChI is InChI=1S/C17H15BrN4OSe/c18-15-3-1-2-13(14(15)10-24-17(20)21)16(23)22-9-12-6-4-11(8-19)5-7-12/h1-7H,9-10H2,(H3,20,21)(H,22,23). The van der Waals surface area contributed by atoms with Crippen molar-refractivity contribution in [3.8, 4) is 6.07 Å². The van der Waals surface area contributed by atoms with E-state index in [1.165, 1.54) is 0 Å². The van der Waals surface area contributed by atoms with E-state index in [4.69, 9.17) is 16.4 Å². The number of amides is 1. The molecule has 0 fully saturated rings. The van der Waals surface area contributed by atoms with E-state index in [1.807, 2.05) is 24.3 Å². The van der Waals surface area contributed by atoms with Crippen LogP contribution < -0.4 is 11.1 Å². The molecule has 0 radical (unpaired) electrons. The first-order chi connectivity index (χ1) is 11.5. The van der Waals surface area contributed by atoms with E-state index in [-0.39, 0.29) is 25.6 Å². The predicted molar refractivity (Wildman–Crippen MR) is 97.8 cm³/mol. The number of nitrogens with zero attached hydrogens (tertiary/aromatic N) is 1. The zero-order valence-corrected chi connectivity index (χ0v) is 16.0. The first-order valence-electron chi connectivity index (χ1n) is 7.02. The SMILES string of the molecule is N#Cc1ccc(CNC(=O)c2cccc(Br)c2C[Se]C(=N)N)cc1. The third kappa shape index (κ3) is 4.93. The molecule has 4 N–H and O–H groups in total. The molecule has 0 atom stereocenters. The molecule has 0 bridgehead atoms. The number of nitrogens with one attached hydrogen (secondary N) is 2. The molecule has 7 heteroatoms. The molecule has 1 amide bonds. The number of nitriles is 1. The normalized spacial score (nSPS) is 10.0. The summed E-state index contributed by atoms with van der Waals surface area (Å²) in [6, 6.07) is 14.6. The van der Waals surface area contributed by atoms with E-state index < -0.39 is 0 Å². The van der Waals surface area contributed by atoms with Gasteiger partial charge in [0.2, 0.25) is 0 Å². The van der Waals surface area contributed by atoms with Crippen molar-refractivity contribution in [2.75, 3.05) is 0 Å². The Morgan fingerprint density at radius 3 is 2.62 bits per heavy atom. The van der Waals surface area contributed by atoms with E-state index in [1.54, 1.807) is 18.2 Å². The van der Waals surface area contributed by atoms with Crippen LogP contribution in [0.1, 0.15) is 27.0 Å². The Hall–Kier alpha value is -2.13. The van der Waals surface area contributed by atoms with Gasteiger partial charge in [-0.15, -0.1) is 0 Å². The van der Waals surface area contributed by atoms with Crippen molar-refractivity contribution in [1.82, 2.24) is 5.32 Å². The summed E-state index contributed by atoms with van der Waals surface area (Å²) < 4.78 is 0.999. The van der Waals surface area contributed by atoms with Crippen molar-refractivity contribution in [2.45, 2.75) is 11.9 Å². The fraction of sp³-hybridized carbons (Fsp3) is 0.118. The third-order valence-corrected chi connectivity index (χ3v) is 5.58. The molecular formula is C17H15BrN4OSe. The van der Waals surface area contributed by atoms with Gasteiger partial charge in [0.15, 0.2) is 0 Å². The van der Waals surface area contributed by atoms with Crippen LogP contribution >= 0.6 is 15.9 Å². The number of hydrogen-bond acceptors (Lipinski definition) is 3. The maximum atomic E-state index is 12.5. The van der Waals surface area contributed by atoms with Gasteiger partial charge in [0.1, 0.15) is 0 Å². The van der Waals surface area contributed by atoms with Crippen molar-refractivity contribution in [2.24, 2.45) is 5.73 Å². The second-order valence-electron chi connectivity index (χ2n) is 4.91. The van der Waals surface area contributed by atoms with Crippen LogP contribution in [0.15, 0.2) is 46.9 Å². The first-order valence-corrected chi connectivity index (χ1v) is 9.89. The van der Waals surface area contributed by atoms with Gasteiger partial charge in [-0.2, -0.15) is 0 Å².